The van der Waals surface area contributed by atoms with Crippen molar-refractivity contribution in [3.05, 3.63) is 71.9 Å². The minimum absolute atomic E-state index is 0.0971. The summed E-state index contributed by atoms with van der Waals surface area (Å²) in [4.78, 5) is 36.3. The number of benzene rings is 2. The minimum atomic E-state index is -0.399. The molecule has 1 aliphatic rings. The van der Waals surface area contributed by atoms with Crippen LogP contribution in [0.3, 0.4) is 0 Å². The number of fused-ring (bicyclic) bond motifs is 1. The van der Waals surface area contributed by atoms with Crippen LogP contribution in [0.1, 0.15) is 5.56 Å². The lowest BCUT2D eigenvalue weighted by molar-refractivity contribution is -0.111. The summed E-state index contributed by atoms with van der Waals surface area (Å²) in [6.45, 7) is 3.59. The van der Waals surface area contributed by atoms with Gasteiger partial charge in [-0.2, -0.15) is 4.98 Å². The van der Waals surface area contributed by atoms with Gasteiger partial charge < -0.3 is 15.7 Å². The van der Waals surface area contributed by atoms with Crippen molar-refractivity contribution in [1.29, 1.82) is 0 Å². The van der Waals surface area contributed by atoms with E-state index in [0.717, 1.165) is 0 Å². The first-order chi connectivity index (χ1) is 15.4. The molecule has 0 unspecified atom stereocenters. The first-order valence-corrected chi connectivity index (χ1v) is 9.95. The number of carbonyl (C=O) groups excluding carboxylic acids is 2. The predicted molar refractivity (Wildman–Crippen MR) is 124 cm³/mol. The lowest BCUT2D eigenvalue weighted by Gasteiger charge is -2.34. The third-order valence-corrected chi connectivity index (χ3v) is 5.16. The molecule has 0 saturated heterocycles. The highest BCUT2D eigenvalue weighted by Crippen LogP contribution is 2.39. The van der Waals surface area contributed by atoms with Gasteiger partial charge in [0.15, 0.2) is 0 Å². The van der Waals surface area contributed by atoms with Crippen molar-refractivity contribution in [2.75, 3.05) is 27.5 Å². The molecular weight excluding hydrogens is 432 g/mol. The molecule has 1 aliphatic heterocycles. The highest BCUT2D eigenvalue weighted by Gasteiger charge is 2.33. The summed E-state index contributed by atoms with van der Waals surface area (Å²) in [6, 6.07) is 11.3. The maximum atomic E-state index is 13.0. The normalized spacial score (nSPS) is 12.9. The van der Waals surface area contributed by atoms with Crippen LogP contribution >= 0.6 is 11.6 Å². The smallest absolute Gasteiger partial charge is 0.330 e. The first kappa shape index (κ1) is 21.1. The molecule has 0 atom stereocenters. The molecule has 9 nitrogen and oxygen atoms in total. The predicted octanol–water partition coefficient (Wildman–Crippen LogP) is 4.28. The fourth-order valence-electron chi connectivity index (χ4n) is 3.32. The van der Waals surface area contributed by atoms with E-state index in [9.17, 15) is 14.7 Å². The average Bonchev–Trinajstić information content (AvgIpc) is 2.78. The van der Waals surface area contributed by atoms with Crippen molar-refractivity contribution >= 4 is 52.4 Å². The van der Waals surface area contributed by atoms with Crippen molar-refractivity contribution in [3.8, 4) is 5.75 Å². The van der Waals surface area contributed by atoms with Crippen LogP contribution in [0.25, 0.3) is 0 Å². The number of hydrogen-bond acceptors (Lipinski definition) is 6. The molecule has 32 heavy (non-hydrogen) atoms. The molecular formula is C22H19ClN6O3. The number of nitrogens with one attached hydrogen (secondary N) is 2. The largest absolute Gasteiger partial charge is 0.506 e. The van der Waals surface area contributed by atoms with Gasteiger partial charge in [0.25, 0.3) is 0 Å². The summed E-state index contributed by atoms with van der Waals surface area (Å²) in [6.07, 6.45) is 2.77. The van der Waals surface area contributed by atoms with E-state index < -0.39 is 6.03 Å². The Bertz CT molecular complexity index is 1210. The number of phenolic OH excluding ortho intramolecular Hbond substituents is 1. The van der Waals surface area contributed by atoms with Crippen LogP contribution in [-0.4, -0.2) is 34.1 Å². The quantitative estimate of drug-likeness (QED) is 0.500. The van der Waals surface area contributed by atoms with Crippen LogP contribution in [0.2, 0.25) is 5.02 Å². The van der Waals surface area contributed by atoms with Gasteiger partial charge in [-0.3, -0.25) is 14.6 Å². The van der Waals surface area contributed by atoms with E-state index in [-0.39, 0.29) is 34.9 Å². The molecule has 10 heteroatoms. The number of rotatable bonds is 5. The van der Waals surface area contributed by atoms with E-state index in [1.807, 2.05) is 0 Å². The third-order valence-electron chi connectivity index (χ3n) is 4.86. The molecule has 0 saturated carbocycles. The molecule has 2 heterocycles. The first-order valence-electron chi connectivity index (χ1n) is 9.57. The Morgan fingerprint density at radius 2 is 1.97 bits per heavy atom. The Kier molecular flexibility index (Phi) is 5.65. The minimum Gasteiger partial charge on any atom is -0.506 e. The number of nitrogens with zero attached hydrogens (tertiary/aromatic N) is 4. The number of aromatic hydroxyl groups is 1. The van der Waals surface area contributed by atoms with Crippen molar-refractivity contribution in [2.45, 2.75) is 6.54 Å². The Morgan fingerprint density at radius 1 is 1.22 bits per heavy atom. The summed E-state index contributed by atoms with van der Waals surface area (Å²) in [5.74, 6) is 0.222. The van der Waals surface area contributed by atoms with Gasteiger partial charge in [0.1, 0.15) is 17.3 Å². The molecule has 3 aromatic rings. The number of halogens is 1. The monoisotopic (exact) mass is 450 g/mol. The van der Waals surface area contributed by atoms with E-state index in [1.165, 1.54) is 21.9 Å². The molecule has 3 amide bonds. The fraction of sp³-hybridized carbons (Fsp3) is 0.0909. The molecule has 0 radical (unpaired) electrons. The standard InChI is InChI=1S/C22H19ClN6O3/c1-3-18(31)25-15-8-4-5-9-16(15)26-21-24-11-13-12-29(22(32)28(2)20(13)27-21)19-14(23)7-6-10-17(19)30/h3-11,30H,1,12H2,2H3,(H,25,31)(H,24,26,27). The Hall–Kier alpha value is -4.11. The lowest BCUT2D eigenvalue weighted by Crippen LogP contribution is -2.46. The topological polar surface area (TPSA) is 111 Å². The SMILES string of the molecule is C=CC(=O)Nc1ccccc1Nc1ncc2c(n1)N(C)C(=O)N(c1c(O)cccc1Cl)C2. The van der Waals surface area contributed by atoms with Gasteiger partial charge in [-0.05, 0) is 30.3 Å². The van der Waals surface area contributed by atoms with E-state index in [2.05, 4.69) is 27.2 Å². The maximum absolute atomic E-state index is 13.0. The molecule has 0 bridgehead atoms. The van der Waals surface area contributed by atoms with Crippen LogP contribution in [0.15, 0.2) is 61.3 Å². The Labute approximate surface area is 189 Å². The van der Waals surface area contributed by atoms with Crippen molar-refractivity contribution < 1.29 is 14.7 Å². The van der Waals surface area contributed by atoms with Crippen molar-refractivity contribution in [1.82, 2.24) is 9.97 Å². The highest BCUT2D eigenvalue weighted by atomic mass is 35.5. The van der Waals surface area contributed by atoms with E-state index >= 15 is 0 Å². The van der Waals surface area contributed by atoms with Crippen LogP contribution in [0.5, 0.6) is 5.75 Å². The van der Waals surface area contributed by atoms with E-state index in [1.54, 1.807) is 49.6 Å². The number of phenols is 1. The van der Waals surface area contributed by atoms with Crippen LogP contribution in [-0.2, 0) is 11.3 Å². The number of urea groups is 1. The van der Waals surface area contributed by atoms with Gasteiger partial charge in [0.2, 0.25) is 11.9 Å². The molecule has 0 spiro atoms. The number of hydrogen-bond donors (Lipinski definition) is 3. The number of anilines is 5. The molecule has 162 valence electrons. The summed E-state index contributed by atoms with van der Waals surface area (Å²) in [5.41, 5.74) is 2.01. The molecule has 0 fully saturated rings. The van der Waals surface area contributed by atoms with Gasteiger partial charge in [0, 0.05) is 18.8 Å². The average molecular weight is 451 g/mol. The van der Waals surface area contributed by atoms with Gasteiger partial charge in [-0.15, -0.1) is 0 Å². The number of para-hydroxylation sites is 3. The van der Waals surface area contributed by atoms with Gasteiger partial charge in [-0.25, -0.2) is 9.78 Å². The summed E-state index contributed by atoms with van der Waals surface area (Å²) >= 11 is 6.23. The Morgan fingerprint density at radius 3 is 2.69 bits per heavy atom. The zero-order valence-corrected chi connectivity index (χ0v) is 17.8. The number of amides is 3. The zero-order chi connectivity index (χ0) is 22.8. The van der Waals surface area contributed by atoms with Crippen molar-refractivity contribution in [2.24, 2.45) is 0 Å². The second-order valence-electron chi connectivity index (χ2n) is 6.94. The molecule has 0 aliphatic carbocycles. The zero-order valence-electron chi connectivity index (χ0n) is 17.0. The second kappa shape index (κ2) is 8.56. The van der Waals surface area contributed by atoms with Gasteiger partial charge in [-0.1, -0.05) is 36.4 Å². The summed E-state index contributed by atoms with van der Waals surface area (Å²) in [7, 11) is 1.58. The summed E-state index contributed by atoms with van der Waals surface area (Å²) in [5, 5.41) is 16.3. The second-order valence-corrected chi connectivity index (χ2v) is 7.35. The van der Waals surface area contributed by atoms with Gasteiger partial charge in [0.05, 0.1) is 22.9 Å². The van der Waals surface area contributed by atoms with Gasteiger partial charge >= 0.3 is 6.03 Å². The fourth-order valence-corrected chi connectivity index (χ4v) is 3.59. The van der Waals surface area contributed by atoms with Crippen LogP contribution < -0.4 is 20.4 Å². The molecule has 2 aromatic carbocycles. The number of carbonyl (C=O) groups is 2. The van der Waals surface area contributed by atoms with E-state index in [0.29, 0.717) is 22.8 Å². The van der Waals surface area contributed by atoms with E-state index in [4.69, 9.17) is 11.6 Å². The number of aromatic nitrogens is 2. The summed E-state index contributed by atoms with van der Waals surface area (Å²) < 4.78 is 0. The third kappa shape index (κ3) is 3.93. The Balaban J connectivity index is 1.64. The van der Waals surface area contributed by atoms with Crippen LogP contribution in [0, 0.1) is 0 Å². The molecule has 1 aromatic heterocycles. The highest BCUT2D eigenvalue weighted by molar-refractivity contribution is 6.34. The molecule has 3 N–H and O–H groups in total. The maximum Gasteiger partial charge on any atom is 0.330 e. The van der Waals surface area contributed by atoms with Crippen molar-refractivity contribution in [3.63, 3.8) is 0 Å². The van der Waals surface area contributed by atoms with Crippen LogP contribution in [0.4, 0.5) is 33.6 Å². The molecule has 4 rings (SSSR count). The lowest BCUT2D eigenvalue weighted by atomic mass is 10.2.